The van der Waals surface area contributed by atoms with Crippen molar-refractivity contribution in [2.75, 3.05) is 0 Å². The molecule has 2 unspecified atom stereocenters. The highest BCUT2D eigenvalue weighted by atomic mass is 17.1. The average molecular weight is 103 g/mol. The van der Waals surface area contributed by atoms with Crippen molar-refractivity contribution in [2.45, 2.75) is 25.0 Å². The molecule has 0 aromatic heterocycles. The van der Waals surface area contributed by atoms with Crippen LogP contribution in [0.25, 0.3) is 0 Å². The highest BCUT2D eigenvalue weighted by molar-refractivity contribution is 5.05. The Hall–Kier alpha value is -0.120. The van der Waals surface area contributed by atoms with Gasteiger partial charge in [0, 0.05) is 5.54 Å². The van der Waals surface area contributed by atoms with E-state index in [0.29, 0.717) is 0 Å². The molecule has 3 N–H and O–H groups in total. The third-order valence-corrected chi connectivity index (χ3v) is 1.33. The minimum atomic E-state index is -0.255. The maximum absolute atomic E-state index is 7.96. The summed E-state index contributed by atoms with van der Waals surface area (Å²) in [6, 6.07) is 0. The van der Waals surface area contributed by atoms with Gasteiger partial charge in [0.05, 0.1) is 0 Å². The predicted molar refractivity (Wildman–Crippen MR) is 24.7 cm³/mol. The van der Waals surface area contributed by atoms with Gasteiger partial charge in [0.25, 0.3) is 0 Å². The van der Waals surface area contributed by atoms with Crippen LogP contribution in [0.15, 0.2) is 0 Å². The van der Waals surface area contributed by atoms with Crippen molar-refractivity contribution in [2.24, 2.45) is 5.73 Å². The number of rotatable bonds is 1. The lowest BCUT2D eigenvalue weighted by Crippen LogP contribution is -2.22. The molecule has 1 fully saturated rings. The second kappa shape index (κ2) is 1.18. The summed E-state index contributed by atoms with van der Waals surface area (Å²) in [6.45, 7) is 1.84. The van der Waals surface area contributed by atoms with Gasteiger partial charge >= 0.3 is 0 Å². The van der Waals surface area contributed by atoms with Crippen LogP contribution in [0.4, 0.5) is 0 Å². The van der Waals surface area contributed by atoms with Crippen LogP contribution in [0.1, 0.15) is 13.3 Å². The minimum absolute atomic E-state index is 0.118. The molecule has 3 nitrogen and oxygen atoms in total. The van der Waals surface area contributed by atoms with Gasteiger partial charge in [0.15, 0.2) is 0 Å². The molecular formula is C4H9NO2. The molecule has 0 aromatic carbocycles. The first-order chi connectivity index (χ1) is 3.17. The molecule has 0 amide bonds. The molecule has 0 bridgehead atoms. The van der Waals surface area contributed by atoms with Gasteiger partial charge in [-0.05, 0) is 13.3 Å². The Kier molecular flexibility index (Phi) is 0.849. The highest BCUT2D eigenvalue weighted by Gasteiger charge is 2.48. The first-order valence-electron chi connectivity index (χ1n) is 2.26. The second-order valence-corrected chi connectivity index (χ2v) is 2.30. The summed E-state index contributed by atoms with van der Waals surface area (Å²) in [5.41, 5.74) is 5.18. The summed E-state index contributed by atoms with van der Waals surface area (Å²) in [5, 5.41) is 7.96. The van der Waals surface area contributed by atoms with E-state index in [0.717, 1.165) is 6.42 Å². The van der Waals surface area contributed by atoms with Gasteiger partial charge in [-0.25, -0.2) is 4.89 Å². The van der Waals surface area contributed by atoms with Crippen molar-refractivity contribution in [3.8, 4) is 0 Å². The van der Waals surface area contributed by atoms with Crippen molar-refractivity contribution in [1.82, 2.24) is 0 Å². The highest BCUT2D eigenvalue weighted by Crippen LogP contribution is 2.34. The summed E-state index contributed by atoms with van der Waals surface area (Å²) < 4.78 is 0. The maximum Gasteiger partial charge on any atom is 0.112 e. The lowest BCUT2D eigenvalue weighted by atomic mass is 10.4. The zero-order valence-corrected chi connectivity index (χ0v) is 4.22. The van der Waals surface area contributed by atoms with Crippen molar-refractivity contribution in [3.63, 3.8) is 0 Å². The molecule has 1 aliphatic carbocycles. The van der Waals surface area contributed by atoms with Crippen LogP contribution in [-0.4, -0.2) is 16.9 Å². The summed E-state index contributed by atoms with van der Waals surface area (Å²) in [7, 11) is 0. The fourth-order valence-corrected chi connectivity index (χ4v) is 0.498. The first kappa shape index (κ1) is 5.03. The molecule has 0 aliphatic heterocycles. The molecule has 0 radical (unpaired) electrons. The topological polar surface area (TPSA) is 55.5 Å². The van der Waals surface area contributed by atoms with E-state index >= 15 is 0 Å². The third kappa shape index (κ3) is 0.748. The van der Waals surface area contributed by atoms with Crippen LogP contribution < -0.4 is 5.73 Å². The van der Waals surface area contributed by atoms with Crippen LogP contribution in [0, 0.1) is 0 Å². The van der Waals surface area contributed by atoms with Crippen molar-refractivity contribution >= 4 is 0 Å². The molecule has 0 spiro atoms. The second-order valence-electron chi connectivity index (χ2n) is 2.30. The monoisotopic (exact) mass is 103 g/mol. The van der Waals surface area contributed by atoms with Gasteiger partial charge in [0.2, 0.25) is 0 Å². The van der Waals surface area contributed by atoms with E-state index in [1.165, 1.54) is 0 Å². The van der Waals surface area contributed by atoms with Crippen molar-refractivity contribution in [3.05, 3.63) is 0 Å². The maximum atomic E-state index is 7.96. The summed E-state index contributed by atoms with van der Waals surface area (Å²) in [4.78, 5) is 3.95. The van der Waals surface area contributed by atoms with Crippen LogP contribution >= 0.6 is 0 Å². The van der Waals surface area contributed by atoms with Crippen molar-refractivity contribution in [1.29, 1.82) is 0 Å². The Morgan fingerprint density at radius 3 is 2.43 bits per heavy atom. The summed E-state index contributed by atoms with van der Waals surface area (Å²) in [6.07, 6.45) is 0.649. The Bertz CT molecular complexity index is 81.8. The SMILES string of the molecule is CC1(N)CC1OO. The molecule has 42 valence electrons. The summed E-state index contributed by atoms with van der Waals surface area (Å²) >= 11 is 0. The minimum Gasteiger partial charge on any atom is -0.323 e. The van der Waals surface area contributed by atoms with Crippen molar-refractivity contribution < 1.29 is 10.1 Å². The third-order valence-electron chi connectivity index (χ3n) is 1.33. The van der Waals surface area contributed by atoms with Gasteiger partial charge in [0.1, 0.15) is 6.10 Å². The van der Waals surface area contributed by atoms with Gasteiger partial charge < -0.3 is 5.73 Å². The zero-order valence-electron chi connectivity index (χ0n) is 4.22. The normalized spacial score (nSPS) is 49.3. The van der Waals surface area contributed by atoms with E-state index in [4.69, 9.17) is 11.0 Å². The van der Waals surface area contributed by atoms with E-state index in [9.17, 15) is 0 Å². The van der Waals surface area contributed by atoms with Crippen LogP contribution in [0.2, 0.25) is 0 Å². The molecule has 3 heteroatoms. The Labute approximate surface area is 42.0 Å². The van der Waals surface area contributed by atoms with E-state index in [1.807, 2.05) is 6.92 Å². The summed E-state index contributed by atoms with van der Waals surface area (Å²) in [5.74, 6) is 0. The van der Waals surface area contributed by atoms with Gasteiger partial charge in [-0.2, -0.15) is 0 Å². The average Bonchev–Trinajstić information content (AvgIpc) is 2.13. The van der Waals surface area contributed by atoms with Crippen LogP contribution in [0.3, 0.4) is 0 Å². The number of nitrogens with two attached hydrogens (primary N) is 1. The van der Waals surface area contributed by atoms with Crippen LogP contribution in [-0.2, 0) is 4.89 Å². The lowest BCUT2D eigenvalue weighted by Gasteiger charge is -1.95. The Balaban J connectivity index is 2.30. The van der Waals surface area contributed by atoms with Gasteiger partial charge in [-0.1, -0.05) is 0 Å². The molecule has 7 heavy (non-hydrogen) atoms. The fraction of sp³-hybridized carbons (Fsp3) is 1.00. The quantitative estimate of drug-likeness (QED) is 0.362. The zero-order chi connectivity index (χ0) is 5.49. The molecule has 1 saturated carbocycles. The number of hydrogen-bond donors (Lipinski definition) is 2. The van der Waals surface area contributed by atoms with E-state index < -0.39 is 0 Å². The van der Waals surface area contributed by atoms with E-state index in [2.05, 4.69) is 4.89 Å². The fourth-order valence-electron chi connectivity index (χ4n) is 0.498. The largest absolute Gasteiger partial charge is 0.323 e. The molecular weight excluding hydrogens is 94.0 g/mol. The molecule has 1 rings (SSSR count). The van der Waals surface area contributed by atoms with Crippen LogP contribution in [0.5, 0.6) is 0 Å². The van der Waals surface area contributed by atoms with E-state index in [1.54, 1.807) is 0 Å². The van der Waals surface area contributed by atoms with Gasteiger partial charge in [-0.15, -0.1) is 0 Å². The smallest absolute Gasteiger partial charge is 0.112 e. The lowest BCUT2D eigenvalue weighted by molar-refractivity contribution is -0.256. The Morgan fingerprint density at radius 2 is 2.43 bits per heavy atom. The Morgan fingerprint density at radius 1 is 2.00 bits per heavy atom. The number of hydrogen-bond acceptors (Lipinski definition) is 3. The van der Waals surface area contributed by atoms with E-state index in [-0.39, 0.29) is 11.6 Å². The standard InChI is InChI=1S/C4H9NO2/c1-4(5)2-3(4)7-6/h3,6H,2,5H2,1H3. The molecule has 2 atom stereocenters. The molecule has 0 saturated heterocycles. The first-order valence-corrected chi connectivity index (χ1v) is 2.26. The molecule has 0 heterocycles. The predicted octanol–water partition coefficient (Wildman–Crippen LogP) is -0.0343. The van der Waals surface area contributed by atoms with Gasteiger partial charge in [-0.3, -0.25) is 5.26 Å². The molecule has 0 aromatic rings. The molecule has 1 aliphatic rings.